The highest BCUT2D eigenvalue weighted by molar-refractivity contribution is 5.61. The monoisotopic (exact) mass is 285 g/mol. The smallest absolute Gasteiger partial charge is 0.0969 e. The first-order valence-electron chi connectivity index (χ1n) is 7.59. The van der Waals surface area contributed by atoms with Gasteiger partial charge in [0.05, 0.1) is 5.69 Å². The zero-order valence-corrected chi connectivity index (χ0v) is 12.8. The summed E-state index contributed by atoms with van der Waals surface area (Å²) in [7, 11) is 4.04. The van der Waals surface area contributed by atoms with E-state index in [-0.39, 0.29) is 0 Å². The zero-order chi connectivity index (χ0) is 14.7. The number of nitrogens with zero attached hydrogens (tertiary/aromatic N) is 4. The van der Waals surface area contributed by atoms with Crippen molar-refractivity contribution >= 4 is 0 Å². The van der Waals surface area contributed by atoms with Crippen molar-refractivity contribution in [3.8, 4) is 11.3 Å². The van der Waals surface area contributed by atoms with Crippen LogP contribution < -0.4 is 5.32 Å². The van der Waals surface area contributed by atoms with Crippen LogP contribution in [0.1, 0.15) is 18.4 Å². The molecule has 1 N–H and O–H groups in total. The number of likely N-dealkylation sites (N-methyl/N-ethyl adjacent to an activating group) is 1. The standard InChI is InChI=1S/C16H23N5/c1-17-15-4-3-9-21(12-15)11-14-10-20(2)19-16(14)13-5-7-18-8-6-13/h5-8,10,15,17H,3-4,9,11-12H2,1-2H3. The van der Waals surface area contributed by atoms with Gasteiger partial charge in [0.25, 0.3) is 0 Å². The second kappa shape index (κ2) is 6.37. The van der Waals surface area contributed by atoms with Crippen LogP contribution in [0.4, 0.5) is 0 Å². The van der Waals surface area contributed by atoms with Gasteiger partial charge in [0, 0.05) is 55.9 Å². The molecule has 0 aromatic carbocycles. The van der Waals surface area contributed by atoms with Gasteiger partial charge in [0.1, 0.15) is 0 Å². The molecule has 3 heterocycles. The Bertz CT molecular complexity index is 578. The predicted octanol–water partition coefficient (Wildman–Crippen LogP) is 1.67. The molecule has 0 saturated carbocycles. The van der Waals surface area contributed by atoms with Crippen molar-refractivity contribution in [3.05, 3.63) is 36.3 Å². The van der Waals surface area contributed by atoms with E-state index in [1.807, 2.05) is 36.3 Å². The molecular formula is C16H23N5. The summed E-state index contributed by atoms with van der Waals surface area (Å²) < 4.78 is 1.91. The number of aromatic nitrogens is 3. The van der Waals surface area contributed by atoms with Crippen molar-refractivity contribution in [3.63, 3.8) is 0 Å². The molecule has 0 bridgehead atoms. The molecule has 1 fully saturated rings. The Hall–Kier alpha value is -1.72. The number of likely N-dealkylation sites (tertiary alicyclic amines) is 1. The summed E-state index contributed by atoms with van der Waals surface area (Å²) >= 11 is 0. The number of pyridine rings is 1. The lowest BCUT2D eigenvalue weighted by Gasteiger charge is -2.32. The number of rotatable bonds is 4. The summed E-state index contributed by atoms with van der Waals surface area (Å²) in [6.45, 7) is 3.24. The van der Waals surface area contributed by atoms with Crippen LogP contribution in [-0.2, 0) is 13.6 Å². The molecule has 5 heteroatoms. The lowest BCUT2D eigenvalue weighted by atomic mass is 10.0. The molecule has 1 aliphatic heterocycles. The van der Waals surface area contributed by atoms with E-state index in [2.05, 4.69) is 33.5 Å². The predicted molar refractivity (Wildman–Crippen MR) is 83.8 cm³/mol. The Balaban J connectivity index is 1.79. The largest absolute Gasteiger partial charge is 0.316 e. The van der Waals surface area contributed by atoms with E-state index in [1.54, 1.807) is 0 Å². The van der Waals surface area contributed by atoms with E-state index < -0.39 is 0 Å². The van der Waals surface area contributed by atoms with Crippen LogP contribution in [0.15, 0.2) is 30.7 Å². The van der Waals surface area contributed by atoms with E-state index in [0.29, 0.717) is 6.04 Å². The minimum atomic E-state index is 0.611. The number of aryl methyl sites for hydroxylation is 1. The van der Waals surface area contributed by atoms with Crippen molar-refractivity contribution in [2.24, 2.45) is 7.05 Å². The number of hydrogen-bond acceptors (Lipinski definition) is 4. The lowest BCUT2D eigenvalue weighted by molar-refractivity contribution is 0.188. The second-order valence-electron chi connectivity index (χ2n) is 5.78. The molecule has 0 aliphatic carbocycles. The molecule has 0 amide bonds. The maximum absolute atomic E-state index is 4.63. The SMILES string of the molecule is CNC1CCCN(Cc2cn(C)nc2-c2ccncc2)C1. The van der Waals surface area contributed by atoms with Gasteiger partial charge in [-0.2, -0.15) is 5.10 Å². The molecular weight excluding hydrogens is 262 g/mol. The van der Waals surface area contributed by atoms with Gasteiger partial charge >= 0.3 is 0 Å². The van der Waals surface area contributed by atoms with Crippen molar-refractivity contribution in [1.82, 2.24) is 25.0 Å². The fourth-order valence-electron chi connectivity index (χ4n) is 3.08. The van der Waals surface area contributed by atoms with Crippen LogP contribution in [0.25, 0.3) is 11.3 Å². The Morgan fingerprint density at radius 3 is 2.90 bits per heavy atom. The van der Waals surface area contributed by atoms with Gasteiger partial charge in [-0.3, -0.25) is 14.6 Å². The van der Waals surface area contributed by atoms with E-state index >= 15 is 0 Å². The van der Waals surface area contributed by atoms with E-state index in [1.165, 1.54) is 24.9 Å². The van der Waals surface area contributed by atoms with Gasteiger partial charge in [-0.25, -0.2) is 0 Å². The maximum atomic E-state index is 4.63. The number of hydrogen-bond donors (Lipinski definition) is 1. The highest BCUT2D eigenvalue weighted by atomic mass is 15.3. The van der Waals surface area contributed by atoms with Gasteiger partial charge < -0.3 is 5.32 Å². The third-order valence-corrected chi connectivity index (χ3v) is 4.17. The van der Waals surface area contributed by atoms with Crippen molar-refractivity contribution in [2.75, 3.05) is 20.1 Å². The summed E-state index contributed by atoms with van der Waals surface area (Å²) in [5.74, 6) is 0. The Kier molecular flexibility index (Phi) is 4.31. The Morgan fingerprint density at radius 2 is 2.14 bits per heavy atom. The highest BCUT2D eigenvalue weighted by Gasteiger charge is 2.20. The highest BCUT2D eigenvalue weighted by Crippen LogP contribution is 2.23. The first-order chi connectivity index (χ1) is 10.3. The molecule has 0 spiro atoms. The van der Waals surface area contributed by atoms with Gasteiger partial charge in [-0.05, 0) is 38.6 Å². The molecule has 112 valence electrons. The lowest BCUT2D eigenvalue weighted by Crippen LogP contribution is -2.43. The third kappa shape index (κ3) is 3.31. The van der Waals surface area contributed by atoms with E-state index in [4.69, 9.17) is 0 Å². The van der Waals surface area contributed by atoms with Gasteiger partial charge in [-0.1, -0.05) is 0 Å². The first kappa shape index (κ1) is 14.2. The quantitative estimate of drug-likeness (QED) is 0.928. The van der Waals surface area contributed by atoms with Crippen molar-refractivity contribution in [2.45, 2.75) is 25.4 Å². The molecule has 2 aromatic heterocycles. The van der Waals surface area contributed by atoms with Gasteiger partial charge in [0.2, 0.25) is 0 Å². The summed E-state index contributed by atoms with van der Waals surface area (Å²) in [5.41, 5.74) is 3.51. The second-order valence-corrected chi connectivity index (χ2v) is 5.78. The molecule has 21 heavy (non-hydrogen) atoms. The summed E-state index contributed by atoms with van der Waals surface area (Å²) in [4.78, 5) is 6.61. The van der Waals surface area contributed by atoms with Crippen molar-refractivity contribution < 1.29 is 0 Å². The molecule has 1 saturated heterocycles. The van der Waals surface area contributed by atoms with Crippen LogP contribution >= 0.6 is 0 Å². The Labute approximate surface area is 126 Å². The van der Waals surface area contributed by atoms with Crippen LogP contribution in [0, 0.1) is 0 Å². The molecule has 3 rings (SSSR count). The van der Waals surface area contributed by atoms with Gasteiger partial charge in [0.15, 0.2) is 0 Å². The first-order valence-corrected chi connectivity index (χ1v) is 7.59. The third-order valence-electron chi connectivity index (χ3n) is 4.17. The fourth-order valence-corrected chi connectivity index (χ4v) is 3.08. The molecule has 5 nitrogen and oxygen atoms in total. The van der Waals surface area contributed by atoms with E-state index in [0.717, 1.165) is 24.3 Å². The summed E-state index contributed by atoms with van der Waals surface area (Å²) in [6.07, 6.45) is 8.32. The van der Waals surface area contributed by atoms with Crippen LogP contribution in [0.3, 0.4) is 0 Å². The minimum Gasteiger partial charge on any atom is -0.316 e. The van der Waals surface area contributed by atoms with Crippen molar-refractivity contribution in [1.29, 1.82) is 0 Å². The molecule has 0 radical (unpaired) electrons. The molecule has 2 aromatic rings. The number of piperidine rings is 1. The average molecular weight is 285 g/mol. The molecule has 1 aliphatic rings. The molecule has 1 atom stereocenters. The maximum Gasteiger partial charge on any atom is 0.0969 e. The van der Waals surface area contributed by atoms with Crippen LogP contribution in [0.2, 0.25) is 0 Å². The fraction of sp³-hybridized carbons (Fsp3) is 0.500. The van der Waals surface area contributed by atoms with Gasteiger partial charge in [-0.15, -0.1) is 0 Å². The van der Waals surface area contributed by atoms with Crippen LogP contribution in [0.5, 0.6) is 0 Å². The Morgan fingerprint density at radius 1 is 1.33 bits per heavy atom. The van der Waals surface area contributed by atoms with E-state index in [9.17, 15) is 0 Å². The summed E-state index contributed by atoms with van der Waals surface area (Å²) in [6, 6.07) is 4.66. The number of nitrogens with one attached hydrogen (secondary N) is 1. The van der Waals surface area contributed by atoms with Crippen LogP contribution in [-0.4, -0.2) is 45.8 Å². The zero-order valence-electron chi connectivity index (χ0n) is 12.8. The summed E-state index contributed by atoms with van der Waals surface area (Å²) in [5, 5.41) is 8.03. The molecule has 1 unspecified atom stereocenters. The normalized spacial score (nSPS) is 19.8. The topological polar surface area (TPSA) is 46.0 Å². The minimum absolute atomic E-state index is 0.611. The average Bonchev–Trinajstić information content (AvgIpc) is 2.89.